The van der Waals surface area contributed by atoms with Gasteiger partial charge in [-0.2, -0.15) is 0 Å². The lowest BCUT2D eigenvalue weighted by molar-refractivity contribution is 0.0653. The lowest BCUT2D eigenvalue weighted by Crippen LogP contribution is -2.49. The molecule has 0 saturated carbocycles. The summed E-state index contributed by atoms with van der Waals surface area (Å²) in [5, 5.41) is 11.4. The quantitative estimate of drug-likeness (QED) is 0.297. The molecule has 2 aromatic heterocycles. The largest absolute Gasteiger partial charge is 0.346 e. The highest BCUT2D eigenvalue weighted by Gasteiger charge is 2.41. The Morgan fingerprint density at radius 1 is 0.907 bits per heavy atom. The second-order valence-electron chi connectivity index (χ2n) is 11.7. The van der Waals surface area contributed by atoms with E-state index in [9.17, 15) is 14.0 Å². The highest BCUT2D eigenvalue weighted by molar-refractivity contribution is 9.09. The maximum absolute atomic E-state index is 14.0. The number of hydrogen-bond acceptors (Lipinski definition) is 8. The minimum Gasteiger partial charge on any atom is -0.299 e. The van der Waals surface area contributed by atoms with Crippen molar-refractivity contribution in [3.05, 3.63) is 56.6 Å². The van der Waals surface area contributed by atoms with Gasteiger partial charge in [0, 0.05) is 79.8 Å². The predicted molar refractivity (Wildman–Crippen MR) is 172 cm³/mol. The molecule has 234 valence electrons. The number of hydrogen-bond donors (Lipinski definition) is 0. The Morgan fingerprint density at radius 3 is 2.05 bits per heavy atom. The zero-order valence-corrected chi connectivity index (χ0v) is 27.8. The summed E-state index contributed by atoms with van der Waals surface area (Å²) >= 11 is 6.66. The van der Waals surface area contributed by atoms with Crippen LogP contribution in [0.1, 0.15) is 44.1 Å². The van der Waals surface area contributed by atoms with Crippen molar-refractivity contribution in [1.82, 2.24) is 38.5 Å². The minimum atomic E-state index is -0.108. The van der Waals surface area contributed by atoms with Crippen LogP contribution in [0.3, 0.4) is 0 Å². The van der Waals surface area contributed by atoms with E-state index in [1.165, 1.54) is 12.8 Å². The molecule has 0 spiro atoms. The maximum atomic E-state index is 14.0. The molecule has 3 aromatic rings. The first-order valence-corrected chi connectivity index (χ1v) is 18.4. The van der Waals surface area contributed by atoms with E-state index in [0.29, 0.717) is 37.8 Å². The summed E-state index contributed by atoms with van der Waals surface area (Å²) in [5.74, 6) is 1.84. The van der Waals surface area contributed by atoms with Gasteiger partial charge in [0.2, 0.25) is 0 Å². The van der Waals surface area contributed by atoms with Gasteiger partial charge in [-0.25, -0.2) is 23.3 Å². The summed E-state index contributed by atoms with van der Waals surface area (Å²) in [4.78, 5) is 29.0. The van der Waals surface area contributed by atoms with E-state index >= 15 is 0 Å². The molecule has 0 N–H and O–H groups in total. The normalized spacial score (nSPS) is 22.6. The summed E-state index contributed by atoms with van der Waals surface area (Å²) in [6.07, 6.45) is 6.71. The van der Waals surface area contributed by atoms with Crippen LogP contribution in [-0.4, -0.2) is 87.0 Å². The number of nitrogens with zero attached hydrogens (tertiary/aromatic N) is 8. The number of aromatic nitrogens is 6. The van der Waals surface area contributed by atoms with Gasteiger partial charge in [-0.3, -0.25) is 18.9 Å². The molecule has 2 unspecified atom stereocenters. The van der Waals surface area contributed by atoms with Crippen LogP contribution >= 0.6 is 39.5 Å². The smallest absolute Gasteiger partial charge is 0.299 e. The van der Waals surface area contributed by atoms with Crippen molar-refractivity contribution in [2.75, 3.05) is 30.4 Å². The first-order chi connectivity index (χ1) is 20.9. The third-order valence-corrected chi connectivity index (χ3v) is 11.5. The van der Waals surface area contributed by atoms with Crippen LogP contribution in [0.25, 0.3) is 0 Å². The van der Waals surface area contributed by atoms with Crippen molar-refractivity contribution in [2.45, 2.75) is 99.7 Å². The topological polar surface area (TPSA) is 86.1 Å². The summed E-state index contributed by atoms with van der Waals surface area (Å²) in [5.41, 5.74) is 0.873. The van der Waals surface area contributed by atoms with E-state index in [1.54, 1.807) is 54.2 Å². The molecule has 4 aliphatic rings. The maximum Gasteiger partial charge on any atom is 0.346 e. The Bertz CT molecular complexity index is 1510. The molecule has 0 aliphatic carbocycles. The molecule has 2 bridgehead atoms. The second kappa shape index (κ2) is 14.1. The van der Waals surface area contributed by atoms with Crippen LogP contribution in [0.4, 0.5) is 4.39 Å². The monoisotopic (exact) mass is 694 g/mol. The van der Waals surface area contributed by atoms with Crippen LogP contribution in [0.2, 0.25) is 0 Å². The summed E-state index contributed by atoms with van der Waals surface area (Å²) in [6.45, 7) is 4.71. The van der Waals surface area contributed by atoms with E-state index in [0.717, 1.165) is 78.0 Å². The average molecular weight is 696 g/mol. The number of fused-ring (bicyclic) bond motifs is 4. The van der Waals surface area contributed by atoms with Gasteiger partial charge in [-0.15, -0.1) is 10.2 Å². The van der Waals surface area contributed by atoms with Crippen molar-refractivity contribution >= 4 is 39.5 Å². The summed E-state index contributed by atoms with van der Waals surface area (Å²) < 4.78 is 20.8. The number of thioether (sulfide) groups is 2. The zero-order valence-electron chi connectivity index (χ0n) is 24.6. The van der Waals surface area contributed by atoms with E-state index < -0.39 is 0 Å². The summed E-state index contributed by atoms with van der Waals surface area (Å²) in [6, 6.07) is 8.83. The minimum absolute atomic E-state index is 0.0425. The number of benzene rings is 1. The van der Waals surface area contributed by atoms with Crippen molar-refractivity contribution in [3.8, 4) is 0 Å². The van der Waals surface area contributed by atoms with Gasteiger partial charge in [0.1, 0.15) is 5.82 Å². The lowest BCUT2D eigenvalue weighted by atomic mass is 9.95. The molecule has 2 fully saturated rings. The second-order valence-corrected chi connectivity index (χ2v) is 14.6. The third-order valence-electron chi connectivity index (χ3n) is 9.02. The standard InChI is InChI=1S/C22H30FN5OS.C7H10BrN3OS/c1-25(15-16-5-2-3-6-20(16)23)19-13-17-7-8-18(14-19)26(17)9-4-10-28-22(29)27-11-12-30-21(27)24-28;8-2-1-3-11-7(12)10-4-5-13-6(10)9-11/h2-3,5-6,17-19H,4,7-15H2,1H3;1-5H2. The number of rotatable bonds is 10. The average Bonchev–Trinajstić information content (AvgIpc) is 3.81. The molecule has 43 heavy (non-hydrogen) atoms. The van der Waals surface area contributed by atoms with Gasteiger partial charge in [-0.1, -0.05) is 57.7 Å². The van der Waals surface area contributed by atoms with Crippen LogP contribution in [0.15, 0.2) is 44.2 Å². The number of piperidine rings is 1. The van der Waals surface area contributed by atoms with Crippen molar-refractivity contribution < 1.29 is 4.39 Å². The van der Waals surface area contributed by atoms with Gasteiger partial charge >= 0.3 is 11.4 Å². The number of halogens is 2. The Hall–Kier alpha value is -1.87. The molecule has 0 radical (unpaired) electrons. The molecule has 0 amide bonds. The van der Waals surface area contributed by atoms with Crippen LogP contribution in [-0.2, 0) is 32.7 Å². The van der Waals surface area contributed by atoms with Crippen molar-refractivity contribution in [2.24, 2.45) is 0 Å². The van der Waals surface area contributed by atoms with Gasteiger partial charge in [0.15, 0.2) is 10.3 Å². The first kappa shape index (κ1) is 31.1. The van der Waals surface area contributed by atoms with Gasteiger partial charge in [0.05, 0.1) is 0 Å². The molecule has 7 rings (SSSR count). The highest BCUT2D eigenvalue weighted by atomic mass is 79.9. The fourth-order valence-corrected chi connectivity index (χ4v) is 8.92. The van der Waals surface area contributed by atoms with Crippen LogP contribution in [0, 0.1) is 5.82 Å². The fourth-order valence-electron chi connectivity index (χ4n) is 6.79. The van der Waals surface area contributed by atoms with Gasteiger partial charge in [0.25, 0.3) is 0 Å². The van der Waals surface area contributed by atoms with Crippen molar-refractivity contribution in [3.63, 3.8) is 0 Å². The highest BCUT2D eigenvalue weighted by Crippen LogP contribution is 2.37. The Balaban J connectivity index is 0.000000211. The van der Waals surface area contributed by atoms with E-state index in [-0.39, 0.29) is 17.2 Å². The van der Waals surface area contributed by atoms with Gasteiger partial charge < -0.3 is 0 Å². The third kappa shape index (κ3) is 6.87. The van der Waals surface area contributed by atoms with Crippen molar-refractivity contribution in [1.29, 1.82) is 0 Å². The molecular weight excluding hydrogens is 655 g/mol. The lowest BCUT2D eigenvalue weighted by Gasteiger charge is -2.42. The Labute approximate surface area is 268 Å². The van der Waals surface area contributed by atoms with Crippen LogP contribution < -0.4 is 11.4 Å². The molecule has 10 nitrogen and oxygen atoms in total. The molecule has 14 heteroatoms. The van der Waals surface area contributed by atoms with E-state index in [2.05, 4.69) is 43.0 Å². The first-order valence-electron chi connectivity index (χ1n) is 15.3. The molecule has 2 saturated heterocycles. The zero-order chi connectivity index (χ0) is 29.9. The van der Waals surface area contributed by atoms with E-state index in [4.69, 9.17) is 0 Å². The molecule has 4 aliphatic heterocycles. The molecular formula is C29H40BrFN8O2S2. The molecule has 2 atom stereocenters. The fraction of sp³-hybridized carbons (Fsp3) is 0.655. The molecule has 6 heterocycles. The predicted octanol–water partition coefficient (Wildman–Crippen LogP) is 3.74. The summed E-state index contributed by atoms with van der Waals surface area (Å²) in [7, 11) is 2.13. The molecule has 1 aromatic carbocycles. The number of alkyl halides is 1. The SMILES string of the molecule is CN(Cc1ccccc1F)C1CC2CCC(C1)N2CCCn1nc2n(c1=O)CCS2.O=c1n(CCCBr)nc2n1CCS2. The van der Waals surface area contributed by atoms with Crippen LogP contribution in [0.5, 0.6) is 0 Å². The number of aryl methyl sites for hydroxylation is 2. The van der Waals surface area contributed by atoms with E-state index in [1.807, 2.05) is 12.1 Å². The Morgan fingerprint density at radius 2 is 1.49 bits per heavy atom. The van der Waals surface area contributed by atoms with Gasteiger partial charge in [-0.05, 0) is 51.6 Å². The Kier molecular flexibility index (Phi) is 10.2.